The maximum Gasteiger partial charge on any atom is 0.190 e. The van der Waals surface area contributed by atoms with E-state index in [1.54, 1.807) is 23.1 Å². The molecule has 0 radical (unpaired) electrons. The van der Waals surface area contributed by atoms with Crippen LogP contribution < -0.4 is 5.73 Å². The summed E-state index contributed by atoms with van der Waals surface area (Å²) in [5.41, 5.74) is 9.02. The van der Waals surface area contributed by atoms with Crippen LogP contribution in [0.5, 0.6) is 0 Å². The fourth-order valence-electron chi connectivity index (χ4n) is 3.29. The molecule has 0 atom stereocenters. The predicted molar refractivity (Wildman–Crippen MR) is 107 cm³/mol. The molecule has 2 N–H and O–H groups in total. The van der Waals surface area contributed by atoms with Gasteiger partial charge < -0.3 is 5.73 Å². The largest absolute Gasteiger partial charge is 0.383 e. The lowest BCUT2D eigenvalue weighted by atomic mass is 10.0. The van der Waals surface area contributed by atoms with E-state index in [1.165, 1.54) is 16.0 Å². The molecule has 0 aliphatic carbocycles. The van der Waals surface area contributed by atoms with Crippen molar-refractivity contribution in [3.8, 4) is 0 Å². The fourth-order valence-corrected chi connectivity index (χ4v) is 5.32. The van der Waals surface area contributed by atoms with Crippen LogP contribution in [0.25, 0.3) is 10.2 Å². The third-order valence-electron chi connectivity index (χ3n) is 4.47. The number of benzene rings is 1. The van der Waals surface area contributed by atoms with Gasteiger partial charge in [0.15, 0.2) is 5.16 Å². The van der Waals surface area contributed by atoms with Crippen molar-refractivity contribution in [3.63, 3.8) is 0 Å². The number of rotatable bonds is 5. The van der Waals surface area contributed by atoms with Crippen LogP contribution in [0, 0.1) is 0 Å². The van der Waals surface area contributed by atoms with Gasteiger partial charge >= 0.3 is 0 Å². The Bertz CT molecular complexity index is 876. The van der Waals surface area contributed by atoms with Gasteiger partial charge in [0.25, 0.3) is 0 Å². The van der Waals surface area contributed by atoms with Crippen LogP contribution in [0.1, 0.15) is 29.3 Å². The third kappa shape index (κ3) is 3.52. The number of aromatic nitrogens is 2. The van der Waals surface area contributed by atoms with Crippen molar-refractivity contribution in [2.24, 2.45) is 0 Å². The average molecular weight is 371 g/mol. The highest BCUT2D eigenvalue weighted by Crippen LogP contribution is 2.38. The summed E-state index contributed by atoms with van der Waals surface area (Å²) in [5.74, 6) is 1.68. The summed E-state index contributed by atoms with van der Waals surface area (Å²) in [5, 5.41) is 1.91. The monoisotopic (exact) mass is 370 g/mol. The summed E-state index contributed by atoms with van der Waals surface area (Å²) >= 11 is 3.48. The lowest BCUT2D eigenvalue weighted by molar-refractivity contribution is 0.249. The van der Waals surface area contributed by atoms with Gasteiger partial charge in [-0.15, -0.1) is 11.3 Å². The molecular formula is C19H22N4S2. The number of nitrogens with zero attached hydrogens (tertiary/aromatic N) is 3. The Morgan fingerprint density at radius 3 is 2.88 bits per heavy atom. The van der Waals surface area contributed by atoms with E-state index in [0.717, 1.165) is 53.6 Å². The number of fused-ring (bicyclic) bond motifs is 3. The van der Waals surface area contributed by atoms with Gasteiger partial charge in [-0.25, -0.2) is 9.97 Å². The van der Waals surface area contributed by atoms with Gasteiger partial charge in [-0.1, -0.05) is 49.0 Å². The summed E-state index contributed by atoms with van der Waals surface area (Å²) in [6.07, 6.45) is 2.14. The van der Waals surface area contributed by atoms with E-state index in [4.69, 9.17) is 10.7 Å². The molecule has 0 unspecified atom stereocenters. The van der Waals surface area contributed by atoms with E-state index >= 15 is 0 Å². The second kappa shape index (κ2) is 7.32. The minimum absolute atomic E-state index is 0.651. The normalized spacial score (nSPS) is 14.8. The summed E-state index contributed by atoms with van der Waals surface area (Å²) in [6, 6.07) is 10.7. The minimum Gasteiger partial charge on any atom is -0.383 e. The van der Waals surface area contributed by atoms with Crippen molar-refractivity contribution in [3.05, 3.63) is 46.3 Å². The Balaban J connectivity index is 1.60. The summed E-state index contributed by atoms with van der Waals surface area (Å²) < 4.78 is 0. The van der Waals surface area contributed by atoms with Gasteiger partial charge in [0.2, 0.25) is 0 Å². The van der Waals surface area contributed by atoms with E-state index in [9.17, 15) is 0 Å². The molecule has 3 heterocycles. The summed E-state index contributed by atoms with van der Waals surface area (Å²) in [6.45, 7) is 5.19. The Hall–Kier alpha value is -1.63. The Morgan fingerprint density at radius 1 is 1.24 bits per heavy atom. The highest BCUT2D eigenvalue weighted by atomic mass is 32.2. The van der Waals surface area contributed by atoms with Crippen molar-refractivity contribution in [2.75, 3.05) is 18.0 Å². The zero-order valence-electron chi connectivity index (χ0n) is 14.4. The van der Waals surface area contributed by atoms with Crippen LogP contribution in [0.3, 0.4) is 0 Å². The standard InChI is InChI=1S/C19H22N4S2/c1-2-10-24-19-21-17(20)16-14-8-9-23(11-13-6-4-3-5-7-13)12-15(14)25-18(16)22-19/h3-7H,2,8-12H2,1H3,(H2,20,21,22). The van der Waals surface area contributed by atoms with Crippen molar-refractivity contribution in [2.45, 2.75) is 38.0 Å². The van der Waals surface area contributed by atoms with Gasteiger partial charge in [0.05, 0.1) is 5.39 Å². The lowest BCUT2D eigenvalue weighted by Crippen LogP contribution is -2.29. The molecule has 0 saturated carbocycles. The van der Waals surface area contributed by atoms with E-state index in [-0.39, 0.29) is 0 Å². The molecule has 0 bridgehead atoms. The Kier molecular flexibility index (Phi) is 4.92. The van der Waals surface area contributed by atoms with Crippen molar-refractivity contribution >= 4 is 39.1 Å². The maximum absolute atomic E-state index is 6.28. The molecule has 1 aliphatic heterocycles. The summed E-state index contributed by atoms with van der Waals surface area (Å²) in [4.78, 5) is 14.2. The van der Waals surface area contributed by atoms with Crippen LogP contribution in [-0.2, 0) is 19.5 Å². The quantitative estimate of drug-likeness (QED) is 0.535. The number of nitrogen functional groups attached to an aromatic ring is 1. The Morgan fingerprint density at radius 2 is 2.08 bits per heavy atom. The topological polar surface area (TPSA) is 55.0 Å². The van der Waals surface area contributed by atoms with Crippen LogP contribution in [0.2, 0.25) is 0 Å². The van der Waals surface area contributed by atoms with Gasteiger partial charge in [-0.2, -0.15) is 0 Å². The molecule has 0 fully saturated rings. The van der Waals surface area contributed by atoms with Gasteiger partial charge in [-0.3, -0.25) is 4.90 Å². The van der Waals surface area contributed by atoms with E-state index < -0.39 is 0 Å². The number of hydrogen-bond acceptors (Lipinski definition) is 6. The molecule has 4 rings (SSSR count). The Labute approximate surface area is 156 Å². The number of thiophene rings is 1. The molecule has 4 nitrogen and oxygen atoms in total. The molecule has 0 spiro atoms. The first-order chi connectivity index (χ1) is 12.2. The van der Waals surface area contributed by atoms with Gasteiger partial charge in [0.1, 0.15) is 10.6 Å². The van der Waals surface area contributed by atoms with E-state index in [1.807, 2.05) is 0 Å². The van der Waals surface area contributed by atoms with Gasteiger partial charge in [0, 0.05) is 30.3 Å². The lowest BCUT2D eigenvalue weighted by Gasteiger charge is -2.26. The highest BCUT2D eigenvalue weighted by molar-refractivity contribution is 7.99. The molecule has 0 saturated heterocycles. The predicted octanol–water partition coefficient (Wildman–Crippen LogP) is 4.33. The second-order valence-electron chi connectivity index (χ2n) is 6.37. The van der Waals surface area contributed by atoms with Crippen molar-refractivity contribution in [1.82, 2.24) is 14.9 Å². The maximum atomic E-state index is 6.28. The molecule has 3 aromatic rings. The van der Waals surface area contributed by atoms with Crippen LogP contribution in [0.4, 0.5) is 5.82 Å². The molecule has 0 amide bonds. The highest BCUT2D eigenvalue weighted by Gasteiger charge is 2.24. The first-order valence-corrected chi connectivity index (χ1v) is 10.5. The molecule has 6 heteroatoms. The van der Waals surface area contributed by atoms with Gasteiger partial charge in [-0.05, 0) is 24.0 Å². The number of thioether (sulfide) groups is 1. The molecule has 1 aromatic carbocycles. The summed E-state index contributed by atoms with van der Waals surface area (Å²) in [7, 11) is 0. The molecule has 1 aliphatic rings. The smallest absolute Gasteiger partial charge is 0.190 e. The van der Waals surface area contributed by atoms with Crippen molar-refractivity contribution < 1.29 is 0 Å². The van der Waals surface area contributed by atoms with Crippen LogP contribution in [0.15, 0.2) is 35.5 Å². The SMILES string of the molecule is CCCSc1nc(N)c2c3c(sc2n1)CN(Cc1ccccc1)CC3. The van der Waals surface area contributed by atoms with Crippen LogP contribution >= 0.6 is 23.1 Å². The third-order valence-corrected chi connectivity index (χ3v) is 6.63. The first kappa shape index (κ1) is 16.8. The number of anilines is 1. The molecular weight excluding hydrogens is 348 g/mol. The number of hydrogen-bond donors (Lipinski definition) is 1. The number of nitrogens with two attached hydrogens (primary N) is 1. The van der Waals surface area contributed by atoms with Crippen LogP contribution in [-0.4, -0.2) is 27.2 Å². The van der Waals surface area contributed by atoms with E-state index in [2.05, 4.69) is 47.1 Å². The van der Waals surface area contributed by atoms with Crippen molar-refractivity contribution in [1.29, 1.82) is 0 Å². The molecule has 130 valence electrons. The average Bonchev–Trinajstić information content (AvgIpc) is 2.98. The zero-order chi connectivity index (χ0) is 17.2. The second-order valence-corrected chi connectivity index (χ2v) is 8.52. The molecule has 2 aromatic heterocycles. The fraction of sp³-hybridized carbons (Fsp3) is 0.368. The zero-order valence-corrected chi connectivity index (χ0v) is 16.0. The molecule has 25 heavy (non-hydrogen) atoms. The first-order valence-electron chi connectivity index (χ1n) is 8.71. The minimum atomic E-state index is 0.651. The van der Waals surface area contributed by atoms with E-state index in [0.29, 0.717) is 5.82 Å².